The monoisotopic (exact) mass is 388 g/mol. The van der Waals surface area contributed by atoms with Gasteiger partial charge < -0.3 is 20.9 Å². The second-order valence-electron chi connectivity index (χ2n) is 6.37. The highest BCUT2D eigenvalue weighted by Gasteiger charge is 2.28. The number of urea groups is 1. The molecule has 0 bridgehead atoms. The van der Waals surface area contributed by atoms with Crippen LogP contribution in [-0.4, -0.2) is 43.0 Å². The molecule has 27 heavy (non-hydrogen) atoms. The Morgan fingerprint density at radius 3 is 2.26 bits per heavy atom. The highest BCUT2D eigenvalue weighted by Crippen LogP contribution is 2.20. The largest absolute Gasteiger partial charge is 0.334 e. The fourth-order valence-electron chi connectivity index (χ4n) is 3.23. The summed E-state index contributed by atoms with van der Waals surface area (Å²) in [5, 5.41) is 8.68. The fourth-order valence-corrected chi connectivity index (χ4v) is 3.23. The van der Waals surface area contributed by atoms with Crippen LogP contribution in [0.25, 0.3) is 0 Å². The average molecular weight is 389 g/mol. The van der Waals surface area contributed by atoms with Crippen molar-refractivity contribution in [1.29, 1.82) is 0 Å². The number of hydrogen-bond donors (Lipinski definition) is 3. The van der Waals surface area contributed by atoms with Crippen LogP contribution in [0.5, 0.6) is 0 Å². The van der Waals surface area contributed by atoms with E-state index in [0.717, 1.165) is 31.6 Å². The van der Waals surface area contributed by atoms with Crippen molar-refractivity contribution in [1.82, 2.24) is 10.2 Å². The van der Waals surface area contributed by atoms with Gasteiger partial charge in [-0.05, 0) is 56.3 Å². The van der Waals surface area contributed by atoms with Crippen molar-refractivity contribution in [2.45, 2.75) is 18.9 Å². The second-order valence-corrected chi connectivity index (χ2v) is 6.37. The van der Waals surface area contributed by atoms with Crippen molar-refractivity contribution in [3.8, 4) is 0 Å². The van der Waals surface area contributed by atoms with Gasteiger partial charge in [-0.2, -0.15) is 0 Å². The molecule has 2 aromatic rings. The molecule has 2 aromatic carbocycles. The van der Waals surface area contributed by atoms with Gasteiger partial charge in [-0.1, -0.05) is 18.2 Å². The molecule has 1 aliphatic heterocycles. The van der Waals surface area contributed by atoms with Gasteiger partial charge in [0.25, 0.3) is 5.91 Å². The van der Waals surface area contributed by atoms with Gasteiger partial charge in [0, 0.05) is 36.1 Å². The summed E-state index contributed by atoms with van der Waals surface area (Å²) >= 11 is 0. The summed E-state index contributed by atoms with van der Waals surface area (Å²) in [6, 6.07) is 16.2. The van der Waals surface area contributed by atoms with Crippen LogP contribution in [0.1, 0.15) is 23.2 Å². The van der Waals surface area contributed by atoms with E-state index in [1.54, 1.807) is 24.3 Å². The zero-order valence-electron chi connectivity index (χ0n) is 15.3. The first-order valence-electron chi connectivity index (χ1n) is 8.86. The summed E-state index contributed by atoms with van der Waals surface area (Å²) < 4.78 is 0. The lowest BCUT2D eigenvalue weighted by molar-refractivity contribution is 0.0737. The number of amides is 3. The summed E-state index contributed by atoms with van der Waals surface area (Å²) in [4.78, 5) is 26.7. The van der Waals surface area contributed by atoms with Gasteiger partial charge in [0.2, 0.25) is 0 Å². The Bertz CT molecular complexity index is 752. The van der Waals surface area contributed by atoms with Gasteiger partial charge in [-0.15, -0.1) is 12.4 Å². The van der Waals surface area contributed by atoms with Gasteiger partial charge in [0.1, 0.15) is 0 Å². The number of para-hydroxylation sites is 1. The average Bonchev–Trinajstić information content (AvgIpc) is 3.11. The third-order valence-electron chi connectivity index (χ3n) is 4.50. The van der Waals surface area contributed by atoms with Gasteiger partial charge in [-0.25, -0.2) is 4.79 Å². The van der Waals surface area contributed by atoms with Crippen LogP contribution in [0, 0.1) is 0 Å². The molecule has 0 aromatic heterocycles. The van der Waals surface area contributed by atoms with E-state index in [0.29, 0.717) is 11.3 Å². The normalized spacial score (nSPS) is 15.7. The molecule has 3 amide bonds. The Balaban J connectivity index is 0.00000261. The number of nitrogens with zero attached hydrogens (tertiary/aromatic N) is 1. The number of benzene rings is 2. The van der Waals surface area contributed by atoms with Gasteiger partial charge in [0.15, 0.2) is 0 Å². The molecule has 7 heteroatoms. The van der Waals surface area contributed by atoms with Gasteiger partial charge >= 0.3 is 6.03 Å². The maximum absolute atomic E-state index is 12.7. The first-order chi connectivity index (χ1) is 12.7. The zero-order chi connectivity index (χ0) is 18.4. The first kappa shape index (κ1) is 20.7. The van der Waals surface area contributed by atoms with Crippen LogP contribution >= 0.6 is 12.4 Å². The van der Waals surface area contributed by atoms with Crippen LogP contribution in [0.15, 0.2) is 54.6 Å². The van der Waals surface area contributed by atoms with Crippen LogP contribution < -0.4 is 16.0 Å². The third kappa shape index (κ3) is 5.45. The second kappa shape index (κ2) is 9.94. The molecule has 1 heterocycles. The molecule has 0 spiro atoms. The van der Waals surface area contributed by atoms with Gasteiger partial charge in [0.05, 0.1) is 0 Å². The zero-order valence-corrected chi connectivity index (χ0v) is 16.1. The van der Waals surface area contributed by atoms with E-state index in [-0.39, 0.29) is 30.4 Å². The number of rotatable bonds is 5. The van der Waals surface area contributed by atoms with Crippen molar-refractivity contribution in [2.24, 2.45) is 0 Å². The van der Waals surface area contributed by atoms with E-state index in [9.17, 15) is 9.59 Å². The highest BCUT2D eigenvalue weighted by atomic mass is 35.5. The predicted molar refractivity (Wildman–Crippen MR) is 111 cm³/mol. The maximum Gasteiger partial charge on any atom is 0.323 e. The molecule has 1 aliphatic rings. The fraction of sp³-hybridized carbons (Fsp3) is 0.300. The van der Waals surface area contributed by atoms with Crippen molar-refractivity contribution < 1.29 is 9.59 Å². The first-order valence-corrected chi connectivity index (χ1v) is 8.86. The van der Waals surface area contributed by atoms with Crippen molar-refractivity contribution in [3.63, 3.8) is 0 Å². The minimum atomic E-state index is -0.316. The molecule has 1 fully saturated rings. The molecule has 1 saturated heterocycles. The van der Waals surface area contributed by atoms with Crippen molar-refractivity contribution in [3.05, 3.63) is 60.2 Å². The Labute approximate surface area is 165 Å². The summed E-state index contributed by atoms with van der Waals surface area (Å²) in [5.41, 5.74) is 2.01. The standard InChI is InChI=1S/C20H24N4O2.ClH/c1-21-14-18-8-5-13-24(18)19(25)15-9-11-17(12-10-15)23-20(26)22-16-6-3-2-4-7-16;/h2-4,6-7,9-12,18,21H,5,8,13-14H2,1H3,(H2,22,23,26);1H. The Morgan fingerprint density at radius 2 is 1.63 bits per heavy atom. The van der Waals surface area contributed by atoms with E-state index in [1.807, 2.05) is 42.3 Å². The minimum Gasteiger partial charge on any atom is -0.334 e. The van der Waals surface area contributed by atoms with Crippen LogP contribution in [-0.2, 0) is 0 Å². The Morgan fingerprint density at radius 1 is 1.00 bits per heavy atom. The number of halogens is 1. The van der Waals surface area contributed by atoms with Crippen LogP contribution in [0.2, 0.25) is 0 Å². The molecule has 0 aliphatic carbocycles. The molecule has 1 atom stereocenters. The van der Waals surface area contributed by atoms with Crippen molar-refractivity contribution >= 4 is 35.7 Å². The topological polar surface area (TPSA) is 73.5 Å². The van der Waals surface area contributed by atoms with E-state index in [2.05, 4.69) is 16.0 Å². The van der Waals surface area contributed by atoms with E-state index in [4.69, 9.17) is 0 Å². The number of likely N-dealkylation sites (tertiary alicyclic amines) is 1. The number of carbonyl (C=O) groups is 2. The summed E-state index contributed by atoms with van der Waals surface area (Å²) in [5.74, 6) is 0.0445. The number of nitrogens with one attached hydrogen (secondary N) is 3. The van der Waals surface area contributed by atoms with E-state index < -0.39 is 0 Å². The molecular formula is C20H25ClN4O2. The highest BCUT2D eigenvalue weighted by molar-refractivity contribution is 6.00. The lowest BCUT2D eigenvalue weighted by Crippen LogP contribution is -2.40. The molecular weight excluding hydrogens is 364 g/mol. The predicted octanol–water partition coefficient (Wildman–Crippen LogP) is 3.58. The molecule has 1 unspecified atom stereocenters. The van der Waals surface area contributed by atoms with E-state index in [1.165, 1.54) is 0 Å². The molecule has 3 N–H and O–H groups in total. The number of likely N-dealkylation sites (N-methyl/N-ethyl adjacent to an activating group) is 1. The SMILES string of the molecule is CNCC1CCCN1C(=O)c1ccc(NC(=O)Nc2ccccc2)cc1.Cl. The Hall–Kier alpha value is -2.57. The summed E-state index contributed by atoms with van der Waals surface area (Å²) in [6.07, 6.45) is 2.07. The smallest absolute Gasteiger partial charge is 0.323 e. The third-order valence-corrected chi connectivity index (χ3v) is 4.50. The summed E-state index contributed by atoms with van der Waals surface area (Å²) in [6.45, 7) is 1.61. The quantitative estimate of drug-likeness (QED) is 0.733. The summed E-state index contributed by atoms with van der Waals surface area (Å²) in [7, 11) is 1.90. The number of hydrogen-bond acceptors (Lipinski definition) is 3. The molecule has 144 valence electrons. The molecule has 6 nitrogen and oxygen atoms in total. The molecule has 0 radical (unpaired) electrons. The number of anilines is 2. The van der Waals surface area contributed by atoms with Crippen LogP contribution in [0.4, 0.5) is 16.2 Å². The Kier molecular flexibility index (Phi) is 7.64. The lowest BCUT2D eigenvalue weighted by Gasteiger charge is -2.24. The van der Waals surface area contributed by atoms with Crippen LogP contribution in [0.3, 0.4) is 0 Å². The lowest BCUT2D eigenvalue weighted by atomic mass is 10.1. The van der Waals surface area contributed by atoms with Gasteiger partial charge in [-0.3, -0.25) is 4.79 Å². The molecule has 3 rings (SSSR count). The number of carbonyl (C=O) groups excluding carboxylic acids is 2. The minimum absolute atomic E-state index is 0. The maximum atomic E-state index is 12.7. The van der Waals surface area contributed by atoms with E-state index >= 15 is 0 Å². The molecule has 0 saturated carbocycles. The van der Waals surface area contributed by atoms with Crippen molar-refractivity contribution in [2.75, 3.05) is 30.8 Å².